The van der Waals surface area contributed by atoms with E-state index in [1.165, 1.54) is 33.9 Å². The number of cyclic esters (lactones) is 3. The number of pyridine rings is 2. The van der Waals surface area contributed by atoms with Crippen LogP contribution in [0.3, 0.4) is 0 Å². The number of fused-ring (bicyclic) bond motifs is 3. The number of nitrogens with one attached hydrogen (secondary N) is 3. The zero-order valence-electron chi connectivity index (χ0n) is 45.4. The normalized spacial score (nSPS) is 15.5. The Balaban J connectivity index is 0.000000165. The quantitative estimate of drug-likeness (QED) is 0.0690. The number of ether oxygens (including phenoxy) is 5. The van der Waals surface area contributed by atoms with E-state index < -0.39 is 65.0 Å². The summed E-state index contributed by atoms with van der Waals surface area (Å²) in [5, 5.41) is 23.8. The molecule has 0 fully saturated rings. The van der Waals surface area contributed by atoms with Crippen LogP contribution in [-0.2, 0) is 77.0 Å². The molecule has 25 heteroatoms. The molecule has 0 aliphatic carbocycles. The van der Waals surface area contributed by atoms with Crippen LogP contribution in [0.2, 0.25) is 0 Å². The van der Waals surface area contributed by atoms with E-state index in [4.69, 9.17) is 23.7 Å². The number of hydrogen-bond donors (Lipinski definition) is 3. The first-order chi connectivity index (χ1) is 37.6. The van der Waals surface area contributed by atoms with Gasteiger partial charge in [-0.25, -0.2) is 24.4 Å². The van der Waals surface area contributed by atoms with E-state index in [0.717, 1.165) is 38.1 Å². The van der Waals surface area contributed by atoms with E-state index in [-0.39, 0.29) is 30.1 Å². The molecule has 420 valence electrons. The molecule has 21 nitrogen and oxygen atoms in total. The summed E-state index contributed by atoms with van der Waals surface area (Å²) in [5.41, 5.74) is 7.07. The maximum absolute atomic E-state index is 13.9. The number of amides is 3. The summed E-state index contributed by atoms with van der Waals surface area (Å²) >= 11 is 6.59. The molecule has 0 radical (unpaired) electrons. The standard InChI is InChI=1S/C22H22FN5O4.C12H12BrFN4O2.C11H13NO2.C10H10BrNO2/c1-12(14-6-5-9-24-20(14)23)31-18(29)11-17-19(26-27-28(17)4)13-7-8-16-15(10-13)22(2,3)32-21(30)25-16;1-7(8-4-3-5-15-12(8)14)20-10(19)6-9-11(13)16-17-18(9)2;1-7-4-5-9-8(6-7)11(2,3)14-10(13)12-9;1-10(2)7-5-6(11)3-4-8(7)12-9(13)14-10/h5-10,12H,11H2,1-4H3,(H,25,30);3-5,7H,6H2,1-2H3;4-6H,1-3H3,(H,12,13);3-5H,1-2H3,(H,12,13)/t12-;7-;;/m11../s1. The van der Waals surface area contributed by atoms with Crippen LogP contribution in [0.25, 0.3) is 11.3 Å². The second kappa shape index (κ2) is 24.4. The van der Waals surface area contributed by atoms with Crippen molar-refractivity contribution in [1.29, 1.82) is 0 Å². The third-order valence-electron chi connectivity index (χ3n) is 12.7. The Labute approximate surface area is 475 Å². The van der Waals surface area contributed by atoms with E-state index in [2.05, 4.69) is 78.4 Å². The minimum atomic E-state index is -0.835. The van der Waals surface area contributed by atoms with E-state index >= 15 is 0 Å². The van der Waals surface area contributed by atoms with Crippen molar-refractivity contribution in [3.63, 3.8) is 0 Å². The Kier molecular flexibility index (Phi) is 18.2. The molecule has 3 aliphatic heterocycles. The van der Waals surface area contributed by atoms with Crippen molar-refractivity contribution in [2.75, 3.05) is 16.0 Å². The van der Waals surface area contributed by atoms with Crippen molar-refractivity contribution >= 4 is 79.1 Å². The van der Waals surface area contributed by atoms with Gasteiger partial charge in [-0.15, -0.1) is 10.2 Å². The summed E-state index contributed by atoms with van der Waals surface area (Å²) in [5.74, 6) is -2.37. The van der Waals surface area contributed by atoms with Gasteiger partial charge in [0.1, 0.15) is 34.7 Å². The highest BCUT2D eigenvalue weighted by Gasteiger charge is 2.36. The van der Waals surface area contributed by atoms with Gasteiger partial charge in [-0.1, -0.05) is 50.1 Å². The SMILES string of the molecule is CC1(C)OC(=O)Nc2ccc(Br)cc21.C[C@@H](OC(=O)Cc1c(-c2ccc3c(c2)C(C)(C)OC(=O)N3)nnn1C)c1cccnc1F.C[C@@H](OC(=O)Cc1c(Br)nnn1C)c1cccnc1F.Cc1ccc2c(c1)C(C)(C)OC(=O)N2. The minimum Gasteiger partial charge on any atom is -0.457 e. The average Bonchev–Trinajstić information content (AvgIpc) is 3.95. The summed E-state index contributed by atoms with van der Waals surface area (Å²) in [6.45, 7) is 16.3. The van der Waals surface area contributed by atoms with Gasteiger partial charge in [0.25, 0.3) is 0 Å². The smallest absolute Gasteiger partial charge is 0.412 e. The van der Waals surface area contributed by atoms with Gasteiger partial charge in [-0.3, -0.25) is 34.9 Å². The topological polar surface area (TPSA) is 255 Å². The number of anilines is 3. The number of carbonyl (C=O) groups excluding carboxylic acids is 5. The van der Waals surface area contributed by atoms with Gasteiger partial charge in [0.15, 0.2) is 4.60 Å². The number of carbonyl (C=O) groups is 5. The Hall–Kier alpha value is -8.19. The molecule has 10 rings (SSSR count). The lowest BCUT2D eigenvalue weighted by atomic mass is 9.92. The molecule has 2 atom stereocenters. The lowest BCUT2D eigenvalue weighted by Crippen LogP contribution is -2.34. The maximum atomic E-state index is 13.9. The predicted molar refractivity (Wildman–Crippen MR) is 295 cm³/mol. The molecule has 0 saturated heterocycles. The fraction of sp³-hybridized carbons (Fsp3) is 0.327. The number of rotatable bonds is 9. The molecule has 4 aromatic heterocycles. The highest BCUT2D eigenvalue weighted by Crippen LogP contribution is 2.40. The second-order valence-corrected chi connectivity index (χ2v) is 21.6. The Morgan fingerprint density at radius 3 is 1.51 bits per heavy atom. The number of aromatic nitrogens is 8. The molecule has 0 bridgehead atoms. The summed E-state index contributed by atoms with van der Waals surface area (Å²) in [6.07, 6.45) is -0.256. The van der Waals surface area contributed by atoms with Crippen molar-refractivity contribution < 1.29 is 56.4 Å². The van der Waals surface area contributed by atoms with Gasteiger partial charge in [0.2, 0.25) is 11.9 Å². The minimum absolute atomic E-state index is 0.00367. The van der Waals surface area contributed by atoms with E-state index in [1.807, 2.05) is 77.1 Å². The van der Waals surface area contributed by atoms with Crippen molar-refractivity contribution in [1.82, 2.24) is 40.0 Å². The Bertz CT molecular complexity index is 3400. The molecule has 3 aliphatic rings. The van der Waals surface area contributed by atoms with E-state index in [1.54, 1.807) is 66.1 Å². The van der Waals surface area contributed by atoms with Crippen molar-refractivity contribution in [3.8, 4) is 11.3 Å². The first-order valence-electron chi connectivity index (χ1n) is 24.7. The molecule has 7 heterocycles. The first kappa shape index (κ1) is 59.5. The summed E-state index contributed by atoms with van der Waals surface area (Å²) < 4.78 is 58.2. The number of benzene rings is 3. The van der Waals surface area contributed by atoms with Gasteiger partial charge in [0, 0.05) is 64.3 Å². The van der Waals surface area contributed by atoms with Crippen LogP contribution < -0.4 is 16.0 Å². The third-order valence-corrected chi connectivity index (χ3v) is 13.8. The zero-order chi connectivity index (χ0) is 58.4. The summed E-state index contributed by atoms with van der Waals surface area (Å²) in [4.78, 5) is 65.7. The molecular formula is C55H57Br2F2N11O10. The van der Waals surface area contributed by atoms with E-state index in [9.17, 15) is 32.8 Å². The molecule has 3 N–H and O–H groups in total. The summed E-state index contributed by atoms with van der Waals surface area (Å²) in [7, 11) is 3.35. The molecule has 80 heavy (non-hydrogen) atoms. The predicted octanol–water partition coefficient (Wildman–Crippen LogP) is 11.7. The summed E-state index contributed by atoms with van der Waals surface area (Å²) in [6, 6.07) is 23.2. The lowest BCUT2D eigenvalue weighted by molar-refractivity contribution is -0.149. The number of esters is 2. The fourth-order valence-electron chi connectivity index (χ4n) is 8.57. The van der Waals surface area contributed by atoms with Crippen LogP contribution in [0.1, 0.15) is 112 Å². The van der Waals surface area contributed by atoms with Crippen LogP contribution in [0.4, 0.5) is 40.2 Å². The van der Waals surface area contributed by atoms with Crippen molar-refractivity contribution in [2.45, 2.75) is 104 Å². The first-order valence-corrected chi connectivity index (χ1v) is 26.3. The Morgan fingerprint density at radius 2 is 1.04 bits per heavy atom. The van der Waals surface area contributed by atoms with Gasteiger partial charge in [-0.2, -0.15) is 8.78 Å². The van der Waals surface area contributed by atoms with Crippen LogP contribution >= 0.6 is 31.9 Å². The average molecular weight is 1230 g/mol. The number of hydrogen-bond acceptors (Lipinski definition) is 16. The monoisotopic (exact) mass is 1230 g/mol. The van der Waals surface area contributed by atoms with Crippen molar-refractivity contribution in [2.24, 2.45) is 14.1 Å². The molecule has 3 amide bonds. The molecular weight excluding hydrogens is 1170 g/mol. The Morgan fingerprint density at radius 1 is 0.613 bits per heavy atom. The number of nitrogens with zero attached hydrogens (tertiary/aromatic N) is 8. The van der Waals surface area contributed by atoms with Gasteiger partial charge in [-0.05, 0) is 139 Å². The lowest BCUT2D eigenvalue weighted by Gasteiger charge is -2.32. The second-order valence-electron chi connectivity index (χ2n) is 19.9. The molecule has 7 aromatic rings. The number of aryl methyl sites for hydroxylation is 3. The molecule has 3 aromatic carbocycles. The van der Waals surface area contributed by atoms with Gasteiger partial charge in [0.05, 0.1) is 41.3 Å². The third kappa shape index (κ3) is 14.3. The maximum Gasteiger partial charge on any atom is 0.412 e. The van der Waals surface area contributed by atoms with Crippen molar-refractivity contribution in [3.05, 3.63) is 157 Å². The van der Waals surface area contributed by atoms with Crippen LogP contribution in [0.5, 0.6) is 0 Å². The van der Waals surface area contributed by atoms with Gasteiger partial charge >= 0.3 is 30.2 Å². The molecule has 0 unspecified atom stereocenters. The highest BCUT2D eigenvalue weighted by atomic mass is 79.9. The van der Waals surface area contributed by atoms with Crippen LogP contribution in [0.15, 0.2) is 100 Å². The van der Waals surface area contributed by atoms with Gasteiger partial charge < -0.3 is 23.7 Å². The fourth-order valence-corrected chi connectivity index (χ4v) is 9.40. The molecule has 0 spiro atoms. The molecule has 0 saturated carbocycles. The van der Waals surface area contributed by atoms with Crippen LogP contribution in [-0.4, -0.2) is 70.2 Å². The number of halogens is 4. The van der Waals surface area contributed by atoms with E-state index in [0.29, 0.717) is 32.9 Å². The zero-order valence-corrected chi connectivity index (χ0v) is 48.6. The highest BCUT2D eigenvalue weighted by molar-refractivity contribution is 9.10. The largest absolute Gasteiger partial charge is 0.457 e. The van der Waals surface area contributed by atoms with Crippen LogP contribution in [0, 0.1) is 18.8 Å².